The van der Waals surface area contributed by atoms with Crippen molar-refractivity contribution in [1.29, 1.82) is 0 Å². The zero-order valence-electron chi connectivity index (χ0n) is 8.70. The van der Waals surface area contributed by atoms with Gasteiger partial charge in [-0.2, -0.15) is 0 Å². The van der Waals surface area contributed by atoms with Gasteiger partial charge < -0.3 is 4.65 Å². The van der Waals surface area contributed by atoms with E-state index in [1.165, 1.54) is 0 Å². The Balaban J connectivity index is 2.84. The third-order valence-corrected chi connectivity index (χ3v) is 2.10. The molecule has 4 heteroatoms. The van der Waals surface area contributed by atoms with E-state index in [1.807, 2.05) is 0 Å². The molecule has 0 heterocycles. The van der Waals surface area contributed by atoms with Crippen LogP contribution in [0, 0.1) is 12.3 Å². The van der Waals surface area contributed by atoms with Crippen LogP contribution in [0.25, 0.3) is 0 Å². The van der Waals surface area contributed by atoms with E-state index < -0.39 is 13.6 Å². The largest absolute Gasteiger partial charge is 0.721 e. The van der Waals surface area contributed by atoms with Crippen LogP contribution in [-0.4, -0.2) is 7.47 Å². The Bertz CT molecular complexity index is 381. The van der Waals surface area contributed by atoms with Crippen LogP contribution in [0.3, 0.4) is 0 Å². The first-order valence-corrected chi connectivity index (χ1v) is 4.78. The van der Waals surface area contributed by atoms with Crippen molar-refractivity contribution in [2.75, 3.05) is 0 Å². The summed E-state index contributed by atoms with van der Waals surface area (Å²) in [6, 6.07) is 6.76. The molecule has 1 unspecified atom stereocenters. The van der Waals surface area contributed by atoms with E-state index in [0.29, 0.717) is 17.5 Å². The molecule has 0 fully saturated rings. The summed E-state index contributed by atoms with van der Waals surface area (Å²) in [5, 5.41) is 0. The molecule has 0 aliphatic rings. The van der Waals surface area contributed by atoms with Gasteiger partial charge in [0, 0.05) is 5.56 Å². The molecule has 0 aromatic heterocycles. The SMILES string of the molecule is C#Cc1ccc(C(CC=C)OB(F)F)cc1. The van der Waals surface area contributed by atoms with Crippen molar-refractivity contribution in [3.05, 3.63) is 48.0 Å². The first kappa shape index (κ1) is 12.5. The normalized spacial score (nSPS) is 11.6. The van der Waals surface area contributed by atoms with Gasteiger partial charge in [-0.1, -0.05) is 24.1 Å². The number of halogens is 2. The Morgan fingerprint density at radius 3 is 2.50 bits per heavy atom. The Labute approximate surface area is 94.3 Å². The molecule has 1 aromatic carbocycles. The topological polar surface area (TPSA) is 9.23 Å². The highest BCUT2D eigenvalue weighted by Gasteiger charge is 2.22. The minimum Gasteiger partial charge on any atom is -0.372 e. The number of rotatable bonds is 5. The maximum Gasteiger partial charge on any atom is 0.721 e. The number of benzene rings is 1. The fourth-order valence-corrected chi connectivity index (χ4v) is 1.34. The van der Waals surface area contributed by atoms with E-state index in [9.17, 15) is 8.63 Å². The summed E-state index contributed by atoms with van der Waals surface area (Å²) in [7, 11) is -2.79. The highest BCUT2D eigenvalue weighted by atomic mass is 19.2. The summed E-state index contributed by atoms with van der Waals surface area (Å²) in [6.45, 7) is 3.51. The van der Waals surface area contributed by atoms with Gasteiger partial charge in [0.1, 0.15) is 0 Å². The van der Waals surface area contributed by atoms with Crippen LogP contribution in [0.5, 0.6) is 0 Å². The molecular formula is C12H11BF2O. The average Bonchev–Trinajstić information content (AvgIpc) is 2.28. The molecule has 1 nitrogen and oxygen atoms in total. The number of terminal acetylenes is 1. The molecule has 82 valence electrons. The maximum absolute atomic E-state index is 12.2. The average molecular weight is 220 g/mol. The summed E-state index contributed by atoms with van der Waals surface area (Å²) in [4.78, 5) is 0. The van der Waals surface area contributed by atoms with Gasteiger partial charge in [-0.15, -0.1) is 13.0 Å². The molecule has 0 bridgehead atoms. The highest BCUT2D eigenvalue weighted by Crippen LogP contribution is 2.23. The molecule has 0 aliphatic heterocycles. The van der Waals surface area contributed by atoms with Gasteiger partial charge in [0.2, 0.25) is 0 Å². The predicted octanol–water partition coefficient (Wildman–Crippen LogP) is 3.23. The molecule has 0 saturated carbocycles. The zero-order valence-corrected chi connectivity index (χ0v) is 8.70. The van der Waals surface area contributed by atoms with Crippen LogP contribution >= 0.6 is 0 Å². The second-order valence-corrected chi connectivity index (χ2v) is 3.18. The standard InChI is InChI=1S/C12H11BF2O/c1-3-5-12(16-13(14)15)11-8-6-10(4-2)7-9-11/h2-3,6-9,12H,1,5H2. The first-order valence-electron chi connectivity index (χ1n) is 4.78. The minimum atomic E-state index is -2.79. The molecule has 0 aliphatic carbocycles. The van der Waals surface area contributed by atoms with Crippen LogP contribution < -0.4 is 0 Å². The van der Waals surface area contributed by atoms with Crippen LogP contribution in [0.1, 0.15) is 23.7 Å². The molecule has 0 amide bonds. The minimum absolute atomic E-state index is 0.333. The van der Waals surface area contributed by atoms with E-state index >= 15 is 0 Å². The van der Waals surface area contributed by atoms with Crippen molar-refractivity contribution in [3.8, 4) is 12.3 Å². The Hall–Kier alpha value is -1.60. The lowest BCUT2D eigenvalue weighted by atomic mass is 10.0. The summed E-state index contributed by atoms with van der Waals surface area (Å²) in [5.74, 6) is 2.46. The molecule has 0 radical (unpaired) electrons. The molecule has 1 rings (SSSR count). The highest BCUT2D eigenvalue weighted by molar-refractivity contribution is 6.34. The van der Waals surface area contributed by atoms with Gasteiger partial charge in [-0.25, -0.2) is 0 Å². The van der Waals surface area contributed by atoms with Crippen molar-refractivity contribution in [2.45, 2.75) is 12.5 Å². The van der Waals surface area contributed by atoms with Crippen molar-refractivity contribution in [2.24, 2.45) is 0 Å². The molecule has 16 heavy (non-hydrogen) atoms. The van der Waals surface area contributed by atoms with Crippen molar-refractivity contribution in [1.82, 2.24) is 0 Å². The Morgan fingerprint density at radius 2 is 2.06 bits per heavy atom. The summed E-state index contributed by atoms with van der Waals surface area (Å²) < 4.78 is 28.8. The third-order valence-electron chi connectivity index (χ3n) is 2.10. The smallest absolute Gasteiger partial charge is 0.372 e. The monoisotopic (exact) mass is 220 g/mol. The van der Waals surface area contributed by atoms with Crippen molar-refractivity contribution >= 4 is 7.47 Å². The second kappa shape index (κ2) is 6.09. The lowest BCUT2D eigenvalue weighted by molar-refractivity contribution is 0.165. The summed E-state index contributed by atoms with van der Waals surface area (Å²) in [6.07, 6.45) is 6.40. The van der Waals surface area contributed by atoms with Crippen LogP contribution in [0.15, 0.2) is 36.9 Å². The molecule has 1 atom stereocenters. The van der Waals surface area contributed by atoms with Gasteiger partial charge in [-0.3, -0.25) is 8.63 Å². The lowest BCUT2D eigenvalue weighted by Gasteiger charge is -2.15. The van der Waals surface area contributed by atoms with E-state index in [2.05, 4.69) is 17.2 Å². The second-order valence-electron chi connectivity index (χ2n) is 3.18. The Morgan fingerprint density at radius 1 is 1.44 bits per heavy atom. The molecule has 0 N–H and O–H groups in total. The summed E-state index contributed by atoms with van der Waals surface area (Å²) in [5.41, 5.74) is 1.37. The van der Waals surface area contributed by atoms with Gasteiger partial charge in [0.05, 0.1) is 6.10 Å². The number of hydrogen-bond donors (Lipinski definition) is 0. The third kappa shape index (κ3) is 3.52. The van der Waals surface area contributed by atoms with Gasteiger partial charge in [0.15, 0.2) is 0 Å². The summed E-state index contributed by atoms with van der Waals surface area (Å²) >= 11 is 0. The van der Waals surface area contributed by atoms with Gasteiger partial charge >= 0.3 is 7.47 Å². The predicted molar refractivity (Wildman–Crippen MR) is 61.0 cm³/mol. The first-order chi connectivity index (χ1) is 7.67. The van der Waals surface area contributed by atoms with Crippen LogP contribution in [0.4, 0.5) is 8.63 Å². The van der Waals surface area contributed by atoms with Crippen LogP contribution in [-0.2, 0) is 4.65 Å². The molecule has 0 saturated heterocycles. The van der Waals surface area contributed by atoms with Gasteiger partial charge in [0.25, 0.3) is 0 Å². The fraction of sp³-hybridized carbons (Fsp3) is 0.167. The molecule has 1 aromatic rings. The Kier molecular flexibility index (Phi) is 4.75. The van der Waals surface area contributed by atoms with E-state index in [0.717, 1.165) is 0 Å². The molecular weight excluding hydrogens is 209 g/mol. The van der Waals surface area contributed by atoms with Crippen molar-refractivity contribution < 1.29 is 13.3 Å². The van der Waals surface area contributed by atoms with Crippen molar-refractivity contribution in [3.63, 3.8) is 0 Å². The quantitative estimate of drug-likeness (QED) is 0.420. The van der Waals surface area contributed by atoms with E-state index in [1.54, 1.807) is 30.3 Å². The lowest BCUT2D eigenvalue weighted by Crippen LogP contribution is -2.11. The van der Waals surface area contributed by atoms with Crippen LogP contribution in [0.2, 0.25) is 0 Å². The fourth-order valence-electron chi connectivity index (χ4n) is 1.34. The van der Waals surface area contributed by atoms with E-state index in [-0.39, 0.29) is 0 Å². The zero-order chi connectivity index (χ0) is 12.0. The van der Waals surface area contributed by atoms with Gasteiger partial charge in [-0.05, 0) is 24.1 Å². The number of hydrogen-bond acceptors (Lipinski definition) is 1. The van der Waals surface area contributed by atoms with E-state index in [4.69, 9.17) is 6.42 Å². The molecule has 0 spiro atoms. The maximum atomic E-state index is 12.2.